The lowest BCUT2D eigenvalue weighted by Crippen LogP contribution is -2.60. The summed E-state index contributed by atoms with van der Waals surface area (Å²) in [6.45, 7) is 0. The van der Waals surface area contributed by atoms with E-state index in [1.54, 1.807) is 12.1 Å². The van der Waals surface area contributed by atoms with Crippen molar-refractivity contribution in [3.05, 3.63) is 23.8 Å². The minimum atomic E-state index is -1.21. The Morgan fingerprint density at radius 2 is 2.14 bits per heavy atom. The van der Waals surface area contributed by atoms with Crippen molar-refractivity contribution in [3.63, 3.8) is 0 Å². The molecule has 0 bridgehead atoms. The first kappa shape index (κ1) is 14.7. The number of nitrogens with one attached hydrogen (secondary N) is 2. The fourth-order valence-corrected chi connectivity index (χ4v) is 2.21. The summed E-state index contributed by atoms with van der Waals surface area (Å²) in [5.74, 6) is -0.716. The molecular weight excluding hydrogens is 274 g/mol. The normalized spacial score (nSPS) is 15.2. The van der Waals surface area contributed by atoms with E-state index in [1.807, 2.05) is 6.07 Å². The second-order valence-corrected chi connectivity index (χ2v) is 4.81. The van der Waals surface area contributed by atoms with Crippen LogP contribution in [0, 0.1) is 11.3 Å². The van der Waals surface area contributed by atoms with Gasteiger partial charge >= 0.3 is 12.0 Å². The molecule has 1 aromatic carbocycles. The molecule has 0 atom stereocenters. The zero-order valence-electron chi connectivity index (χ0n) is 11.5. The van der Waals surface area contributed by atoms with Gasteiger partial charge in [-0.3, -0.25) is 0 Å². The smallest absolute Gasteiger partial charge is 0.329 e. The van der Waals surface area contributed by atoms with Crippen LogP contribution in [0.25, 0.3) is 0 Å². The largest absolute Gasteiger partial charge is 0.495 e. The summed E-state index contributed by atoms with van der Waals surface area (Å²) < 4.78 is 5.10. The van der Waals surface area contributed by atoms with E-state index in [4.69, 9.17) is 10.00 Å². The molecule has 1 aromatic rings. The Morgan fingerprint density at radius 1 is 1.43 bits per heavy atom. The number of methoxy groups -OCH3 is 1. The third-order valence-electron chi connectivity index (χ3n) is 3.57. The van der Waals surface area contributed by atoms with Crippen molar-refractivity contribution in [3.8, 4) is 11.8 Å². The van der Waals surface area contributed by atoms with Gasteiger partial charge in [0.25, 0.3) is 0 Å². The van der Waals surface area contributed by atoms with Crippen LogP contribution in [0.3, 0.4) is 0 Å². The molecule has 0 radical (unpaired) electrons. The van der Waals surface area contributed by atoms with Crippen molar-refractivity contribution >= 4 is 17.7 Å². The van der Waals surface area contributed by atoms with Gasteiger partial charge in [-0.15, -0.1) is 0 Å². The predicted octanol–water partition coefficient (Wildman–Crippen LogP) is 1.70. The van der Waals surface area contributed by atoms with Crippen LogP contribution in [-0.4, -0.2) is 29.8 Å². The lowest BCUT2D eigenvalue weighted by molar-refractivity contribution is -0.148. The number of carbonyl (C=O) groups excluding carboxylic acids is 1. The monoisotopic (exact) mass is 289 g/mol. The number of aliphatic carboxylic acids is 1. The summed E-state index contributed by atoms with van der Waals surface area (Å²) in [5.41, 5.74) is -0.749. The lowest BCUT2D eigenvalue weighted by atomic mass is 9.77. The maximum atomic E-state index is 12.0. The minimum Gasteiger partial charge on any atom is -0.495 e. The minimum absolute atomic E-state index is 0.222. The van der Waals surface area contributed by atoms with Crippen LogP contribution in [0.15, 0.2) is 18.2 Å². The van der Waals surface area contributed by atoms with Gasteiger partial charge in [0.1, 0.15) is 23.0 Å². The molecule has 21 heavy (non-hydrogen) atoms. The number of urea groups is 1. The van der Waals surface area contributed by atoms with Crippen molar-refractivity contribution in [1.82, 2.24) is 5.32 Å². The van der Waals surface area contributed by atoms with Gasteiger partial charge < -0.3 is 20.5 Å². The summed E-state index contributed by atoms with van der Waals surface area (Å²) in [5, 5.41) is 23.2. The molecule has 0 aromatic heterocycles. The van der Waals surface area contributed by atoms with Gasteiger partial charge in [-0.05, 0) is 31.4 Å². The Hall–Kier alpha value is -2.75. The van der Waals surface area contributed by atoms with Crippen molar-refractivity contribution in [2.45, 2.75) is 24.8 Å². The number of para-hydroxylation sites is 1. The molecule has 0 spiro atoms. The van der Waals surface area contributed by atoms with E-state index in [0.29, 0.717) is 18.6 Å². The van der Waals surface area contributed by atoms with Gasteiger partial charge in [-0.25, -0.2) is 9.59 Å². The van der Waals surface area contributed by atoms with Crippen molar-refractivity contribution in [1.29, 1.82) is 5.26 Å². The molecule has 0 saturated heterocycles. The Labute approximate surface area is 121 Å². The van der Waals surface area contributed by atoms with E-state index < -0.39 is 17.5 Å². The molecular formula is C14H15N3O4. The Bertz CT molecular complexity index is 617. The number of carbonyl (C=O) groups is 2. The molecule has 0 unspecified atom stereocenters. The van der Waals surface area contributed by atoms with Crippen LogP contribution >= 0.6 is 0 Å². The third-order valence-corrected chi connectivity index (χ3v) is 3.57. The molecule has 1 fully saturated rings. The molecule has 2 amide bonds. The summed E-state index contributed by atoms with van der Waals surface area (Å²) >= 11 is 0. The van der Waals surface area contributed by atoms with E-state index in [9.17, 15) is 14.7 Å². The third kappa shape index (κ3) is 2.74. The number of rotatable bonds is 4. The standard InChI is InChI=1S/C14H15N3O4/c1-21-10-5-2-4-9(8-15)11(10)16-13(20)17-14(12(18)19)6-3-7-14/h2,4-5H,3,6-7H2,1H3,(H,18,19)(H2,16,17,20). The SMILES string of the molecule is COc1cccc(C#N)c1NC(=O)NC1(C(=O)O)CCC1. The number of nitriles is 1. The highest BCUT2D eigenvalue weighted by atomic mass is 16.5. The number of nitrogens with zero attached hydrogens (tertiary/aromatic N) is 1. The number of anilines is 1. The molecule has 0 heterocycles. The molecule has 1 aliphatic rings. The quantitative estimate of drug-likeness (QED) is 0.781. The molecule has 0 aliphatic heterocycles. The highest BCUT2D eigenvalue weighted by Crippen LogP contribution is 2.33. The number of hydrogen-bond donors (Lipinski definition) is 3. The average Bonchev–Trinajstić information content (AvgIpc) is 2.42. The van der Waals surface area contributed by atoms with Gasteiger partial charge in [-0.2, -0.15) is 5.26 Å². The van der Waals surface area contributed by atoms with Crippen LogP contribution in [0.4, 0.5) is 10.5 Å². The van der Waals surface area contributed by atoms with E-state index in [-0.39, 0.29) is 11.3 Å². The highest BCUT2D eigenvalue weighted by molar-refractivity contribution is 5.96. The number of carboxylic acids is 1. The molecule has 7 nitrogen and oxygen atoms in total. The number of benzene rings is 1. The van der Waals surface area contributed by atoms with Crippen LogP contribution < -0.4 is 15.4 Å². The average molecular weight is 289 g/mol. The Morgan fingerprint density at radius 3 is 2.62 bits per heavy atom. The van der Waals surface area contributed by atoms with Crippen LogP contribution in [-0.2, 0) is 4.79 Å². The number of ether oxygens (including phenoxy) is 1. The van der Waals surface area contributed by atoms with Crippen molar-refractivity contribution < 1.29 is 19.4 Å². The van der Waals surface area contributed by atoms with Crippen LogP contribution in [0.1, 0.15) is 24.8 Å². The molecule has 7 heteroatoms. The second kappa shape index (κ2) is 5.71. The maximum absolute atomic E-state index is 12.0. The molecule has 1 aliphatic carbocycles. The number of hydrogen-bond acceptors (Lipinski definition) is 4. The lowest BCUT2D eigenvalue weighted by Gasteiger charge is -2.38. The van der Waals surface area contributed by atoms with Gasteiger partial charge in [0.15, 0.2) is 0 Å². The highest BCUT2D eigenvalue weighted by Gasteiger charge is 2.45. The summed E-state index contributed by atoms with van der Waals surface area (Å²) in [6, 6.07) is 6.05. The van der Waals surface area contributed by atoms with E-state index in [1.165, 1.54) is 13.2 Å². The first-order chi connectivity index (χ1) is 10.0. The molecule has 1 saturated carbocycles. The fraction of sp³-hybridized carbons (Fsp3) is 0.357. The van der Waals surface area contributed by atoms with Crippen LogP contribution in [0.2, 0.25) is 0 Å². The molecule has 2 rings (SSSR count). The summed E-state index contributed by atoms with van der Waals surface area (Å²) in [4.78, 5) is 23.2. The Kier molecular flexibility index (Phi) is 3.98. The Balaban J connectivity index is 2.17. The van der Waals surface area contributed by atoms with E-state index >= 15 is 0 Å². The second-order valence-electron chi connectivity index (χ2n) is 4.81. The van der Waals surface area contributed by atoms with Gasteiger partial charge in [-0.1, -0.05) is 6.07 Å². The van der Waals surface area contributed by atoms with Gasteiger partial charge in [0.2, 0.25) is 0 Å². The van der Waals surface area contributed by atoms with Crippen molar-refractivity contribution in [2.75, 3.05) is 12.4 Å². The van der Waals surface area contributed by atoms with Gasteiger partial charge in [0, 0.05) is 0 Å². The van der Waals surface area contributed by atoms with Crippen LogP contribution in [0.5, 0.6) is 5.75 Å². The van der Waals surface area contributed by atoms with E-state index in [0.717, 1.165) is 6.42 Å². The maximum Gasteiger partial charge on any atom is 0.329 e. The number of amides is 2. The van der Waals surface area contributed by atoms with E-state index in [2.05, 4.69) is 10.6 Å². The molecule has 110 valence electrons. The fourth-order valence-electron chi connectivity index (χ4n) is 2.21. The zero-order valence-corrected chi connectivity index (χ0v) is 11.5. The first-order valence-electron chi connectivity index (χ1n) is 6.42. The first-order valence-corrected chi connectivity index (χ1v) is 6.42. The summed E-state index contributed by atoms with van der Waals surface area (Å²) in [7, 11) is 1.42. The number of carboxylic acid groups (broad SMARTS) is 1. The summed E-state index contributed by atoms with van der Waals surface area (Å²) in [6.07, 6.45) is 1.55. The van der Waals surface area contributed by atoms with Gasteiger partial charge in [0.05, 0.1) is 12.7 Å². The molecule has 3 N–H and O–H groups in total. The van der Waals surface area contributed by atoms with Crippen molar-refractivity contribution in [2.24, 2.45) is 0 Å². The predicted molar refractivity (Wildman–Crippen MR) is 74.1 cm³/mol. The zero-order chi connectivity index (χ0) is 15.5. The topological polar surface area (TPSA) is 111 Å².